The van der Waals surface area contributed by atoms with E-state index in [-0.39, 0.29) is 29.5 Å². The van der Waals surface area contributed by atoms with Crippen LogP contribution in [0.2, 0.25) is 5.15 Å². The topological polar surface area (TPSA) is 81.2 Å². The van der Waals surface area contributed by atoms with Crippen molar-refractivity contribution in [3.63, 3.8) is 0 Å². The van der Waals surface area contributed by atoms with Gasteiger partial charge in [0, 0.05) is 17.8 Å². The van der Waals surface area contributed by atoms with Gasteiger partial charge in [0.25, 0.3) is 0 Å². The number of hydrogen-bond acceptors (Lipinski definition) is 5. The van der Waals surface area contributed by atoms with Crippen molar-refractivity contribution in [2.45, 2.75) is 46.6 Å². The van der Waals surface area contributed by atoms with E-state index in [0.29, 0.717) is 25.0 Å². The largest absolute Gasteiger partial charge is 0.469 e. The van der Waals surface area contributed by atoms with E-state index >= 15 is 0 Å². The lowest BCUT2D eigenvalue weighted by Crippen LogP contribution is -2.41. The molecular formula is C17H24ClN3O3. The zero-order valence-corrected chi connectivity index (χ0v) is 15.3. The molecule has 6 nitrogen and oxygen atoms in total. The summed E-state index contributed by atoms with van der Waals surface area (Å²) in [6.45, 7) is 6.11. The van der Waals surface area contributed by atoms with Gasteiger partial charge in [-0.3, -0.25) is 14.6 Å². The predicted molar refractivity (Wildman–Crippen MR) is 90.1 cm³/mol. The Morgan fingerprint density at radius 3 is 2.58 bits per heavy atom. The first-order valence-corrected chi connectivity index (χ1v) is 8.45. The van der Waals surface area contributed by atoms with Gasteiger partial charge in [0.2, 0.25) is 5.91 Å². The van der Waals surface area contributed by atoms with Crippen LogP contribution in [0.1, 0.15) is 45.7 Å². The molecule has 1 N–H and O–H groups in total. The molecule has 1 fully saturated rings. The van der Waals surface area contributed by atoms with Crippen molar-refractivity contribution in [2.24, 2.45) is 16.7 Å². The Balaban J connectivity index is 2.10. The molecule has 132 valence electrons. The molecule has 7 heteroatoms. The lowest BCUT2D eigenvalue weighted by atomic mass is 9.72. The van der Waals surface area contributed by atoms with E-state index < -0.39 is 10.8 Å². The number of nitrogens with one attached hydrogen (secondary N) is 1. The summed E-state index contributed by atoms with van der Waals surface area (Å²) in [5.41, 5.74) is -0.699. The maximum Gasteiger partial charge on any atom is 0.312 e. The molecule has 2 atom stereocenters. The molecule has 0 saturated heterocycles. The zero-order chi connectivity index (χ0) is 18.0. The van der Waals surface area contributed by atoms with Crippen molar-refractivity contribution in [1.82, 2.24) is 15.3 Å². The van der Waals surface area contributed by atoms with Gasteiger partial charge in [0.1, 0.15) is 0 Å². The third kappa shape index (κ3) is 3.38. The van der Waals surface area contributed by atoms with Crippen molar-refractivity contribution in [2.75, 3.05) is 7.11 Å². The van der Waals surface area contributed by atoms with Crippen molar-refractivity contribution in [3.8, 4) is 0 Å². The van der Waals surface area contributed by atoms with Gasteiger partial charge >= 0.3 is 5.97 Å². The maximum atomic E-state index is 12.7. The van der Waals surface area contributed by atoms with Crippen molar-refractivity contribution < 1.29 is 14.3 Å². The molecule has 1 aliphatic rings. The monoisotopic (exact) mass is 353 g/mol. The second kappa shape index (κ2) is 7.05. The summed E-state index contributed by atoms with van der Waals surface area (Å²) in [5.74, 6) is -0.226. The number of hydrogen-bond donors (Lipinski definition) is 1. The van der Waals surface area contributed by atoms with Crippen LogP contribution in [0.15, 0.2) is 12.4 Å². The molecule has 2 rings (SSSR count). The second-order valence-corrected chi connectivity index (χ2v) is 7.37. The Morgan fingerprint density at radius 2 is 2.00 bits per heavy atom. The van der Waals surface area contributed by atoms with Crippen LogP contribution in [0.5, 0.6) is 0 Å². The minimum Gasteiger partial charge on any atom is -0.469 e. The predicted octanol–water partition coefficient (Wildman–Crippen LogP) is 2.75. The maximum absolute atomic E-state index is 12.7. The normalized spacial score (nSPS) is 26.4. The van der Waals surface area contributed by atoms with E-state index in [1.807, 2.05) is 20.8 Å². The molecular weight excluding hydrogens is 330 g/mol. The van der Waals surface area contributed by atoms with E-state index in [1.54, 1.807) is 0 Å². The Kier molecular flexibility index (Phi) is 5.48. The summed E-state index contributed by atoms with van der Waals surface area (Å²) in [6, 6.07) is 0. The van der Waals surface area contributed by atoms with E-state index in [9.17, 15) is 9.59 Å². The molecule has 1 saturated carbocycles. The first-order valence-electron chi connectivity index (χ1n) is 8.07. The average molecular weight is 354 g/mol. The second-order valence-electron chi connectivity index (χ2n) is 7.02. The summed E-state index contributed by atoms with van der Waals surface area (Å²) in [4.78, 5) is 33.1. The van der Waals surface area contributed by atoms with Crippen LogP contribution in [0.4, 0.5) is 0 Å². The minimum atomic E-state index is -0.618. The van der Waals surface area contributed by atoms with Gasteiger partial charge in [-0.15, -0.1) is 0 Å². The third-order valence-corrected chi connectivity index (χ3v) is 5.53. The number of amides is 1. The standard InChI is InChI=1S/C17H24ClN3O3/c1-11(2)17(15(23)24-4)6-5-16(3,10-17)14(22)21-9-12-13(18)20-8-7-19-12/h7-8,11H,5-6,9-10H2,1-4H3,(H,21,22). The van der Waals surface area contributed by atoms with Gasteiger partial charge in [-0.1, -0.05) is 32.4 Å². The molecule has 1 aromatic heterocycles. The van der Waals surface area contributed by atoms with Crippen molar-refractivity contribution in [3.05, 3.63) is 23.2 Å². The van der Waals surface area contributed by atoms with E-state index in [1.165, 1.54) is 19.5 Å². The molecule has 1 amide bonds. The number of halogens is 1. The molecule has 1 aromatic rings. The molecule has 0 bridgehead atoms. The fourth-order valence-electron chi connectivity index (χ4n) is 3.52. The van der Waals surface area contributed by atoms with E-state index in [0.717, 1.165) is 0 Å². The highest BCUT2D eigenvalue weighted by molar-refractivity contribution is 6.29. The minimum absolute atomic E-state index is 0.101. The molecule has 0 spiro atoms. The van der Waals surface area contributed by atoms with Crippen LogP contribution in [-0.4, -0.2) is 29.0 Å². The van der Waals surface area contributed by atoms with Gasteiger partial charge in [-0.25, -0.2) is 4.98 Å². The first-order chi connectivity index (χ1) is 11.2. The van der Waals surface area contributed by atoms with Crippen molar-refractivity contribution in [1.29, 1.82) is 0 Å². The van der Waals surface area contributed by atoms with Gasteiger partial charge < -0.3 is 10.1 Å². The van der Waals surface area contributed by atoms with E-state index in [4.69, 9.17) is 16.3 Å². The fraction of sp³-hybridized carbons (Fsp3) is 0.647. The van der Waals surface area contributed by atoms with Crippen LogP contribution in [-0.2, 0) is 20.9 Å². The lowest BCUT2D eigenvalue weighted by Gasteiger charge is -2.32. The van der Waals surface area contributed by atoms with Crippen molar-refractivity contribution >= 4 is 23.5 Å². The molecule has 0 aliphatic heterocycles. The summed E-state index contributed by atoms with van der Waals surface area (Å²) >= 11 is 5.96. The summed E-state index contributed by atoms with van der Waals surface area (Å²) in [6.07, 6.45) is 4.79. The number of esters is 1. The first kappa shape index (κ1) is 18.6. The third-order valence-electron chi connectivity index (χ3n) is 5.21. The van der Waals surface area contributed by atoms with Gasteiger partial charge in [0.05, 0.1) is 24.8 Å². The average Bonchev–Trinajstić information content (AvgIpc) is 2.94. The van der Waals surface area contributed by atoms with E-state index in [2.05, 4.69) is 15.3 Å². The Hall–Kier alpha value is -1.69. The van der Waals surface area contributed by atoms with Crippen LogP contribution >= 0.6 is 11.6 Å². The van der Waals surface area contributed by atoms with Crippen LogP contribution < -0.4 is 5.32 Å². The summed E-state index contributed by atoms with van der Waals surface area (Å²) < 4.78 is 5.01. The number of methoxy groups -OCH3 is 1. The number of nitrogens with zero attached hydrogens (tertiary/aromatic N) is 2. The van der Waals surface area contributed by atoms with Gasteiger partial charge in [0.15, 0.2) is 5.15 Å². The molecule has 2 unspecified atom stereocenters. The number of rotatable bonds is 5. The highest BCUT2D eigenvalue weighted by Gasteiger charge is 2.55. The summed E-state index contributed by atoms with van der Waals surface area (Å²) in [5, 5.41) is 3.16. The quantitative estimate of drug-likeness (QED) is 0.823. The molecule has 0 aromatic carbocycles. The van der Waals surface area contributed by atoms with Crippen LogP contribution in [0.25, 0.3) is 0 Å². The molecule has 0 radical (unpaired) electrons. The number of ether oxygens (including phenoxy) is 1. The fourth-order valence-corrected chi connectivity index (χ4v) is 3.69. The Bertz CT molecular complexity index is 637. The highest BCUT2D eigenvalue weighted by atomic mass is 35.5. The van der Waals surface area contributed by atoms with Gasteiger partial charge in [-0.2, -0.15) is 0 Å². The lowest BCUT2D eigenvalue weighted by molar-refractivity contribution is -0.156. The highest BCUT2D eigenvalue weighted by Crippen LogP contribution is 2.54. The Morgan fingerprint density at radius 1 is 1.33 bits per heavy atom. The smallest absolute Gasteiger partial charge is 0.312 e. The number of carbonyl (C=O) groups is 2. The molecule has 1 heterocycles. The van der Waals surface area contributed by atoms with Crippen LogP contribution in [0.3, 0.4) is 0 Å². The van der Waals surface area contributed by atoms with Gasteiger partial charge in [-0.05, 0) is 25.2 Å². The number of aromatic nitrogens is 2. The zero-order valence-electron chi connectivity index (χ0n) is 14.6. The number of carbonyl (C=O) groups excluding carboxylic acids is 2. The summed E-state index contributed by atoms with van der Waals surface area (Å²) in [7, 11) is 1.40. The molecule has 24 heavy (non-hydrogen) atoms. The van der Waals surface area contributed by atoms with Crippen LogP contribution in [0, 0.1) is 16.7 Å². The molecule has 1 aliphatic carbocycles. The SMILES string of the molecule is COC(=O)C1(C(C)C)CCC(C)(C(=O)NCc2nccnc2Cl)C1. The Labute approximate surface area is 147 Å².